The second-order valence-electron chi connectivity index (χ2n) is 5.42. The molecule has 1 fully saturated rings. The van der Waals surface area contributed by atoms with Crippen molar-refractivity contribution in [1.82, 2.24) is 15.5 Å². The summed E-state index contributed by atoms with van der Waals surface area (Å²) in [5.74, 6) is -1.58. The summed E-state index contributed by atoms with van der Waals surface area (Å²) < 4.78 is 13.2. The van der Waals surface area contributed by atoms with Crippen LogP contribution >= 0.6 is 11.6 Å². The van der Waals surface area contributed by atoms with Gasteiger partial charge in [0.2, 0.25) is 5.91 Å². The summed E-state index contributed by atoms with van der Waals surface area (Å²) in [7, 11) is 0. The Labute approximate surface area is 138 Å². The van der Waals surface area contributed by atoms with E-state index in [-0.39, 0.29) is 17.1 Å². The highest BCUT2D eigenvalue weighted by atomic mass is 35.5. The van der Waals surface area contributed by atoms with Gasteiger partial charge in [-0.15, -0.1) is 0 Å². The molecule has 2 N–H and O–H groups in total. The van der Waals surface area contributed by atoms with Crippen molar-refractivity contribution < 1.29 is 18.8 Å². The van der Waals surface area contributed by atoms with Crippen LogP contribution in [0.15, 0.2) is 18.2 Å². The van der Waals surface area contributed by atoms with Crippen LogP contribution in [0.25, 0.3) is 0 Å². The summed E-state index contributed by atoms with van der Waals surface area (Å²) >= 11 is 5.99. The number of benzene rings is 1. The van der Waals surface area contributed by atoms with E-state index >= 15 is 0 Å². The molecule has 1 aromatic rings. The molecule has 1 aromatic carbocycles. The van der Waals surface area contributed by atoms with Gasteiger partial charge in [0.05, 0.1) is 0 Å². The van der Waals surface area contributed by atoms with Gasteiger partial charge in [0.1, 0.15) is 17.9 Å². The van der Waals surface area contributed by atoms with E-state index in [1.165, 1.54) is 13.0 Å². The van der Waals surface area contributed by atoms with Crippen molar-refractivity contribution in [3.63, 3.8) is 0 Å². The fourth-order valence-corrected chi connectivity index (χ4v) is 2.74. The van der Waals surface area contributed by atoms with Crippen LogP contribution in [0, 0.1) is 5.82 Å². The minimum atomic E-state index is -1.44. The summed E-state index contributed by atoms with van der Waals surface area (Å²) in [5, 5.41) is 5.14. The summed E-state index contributed by atoms with van der Waals surface area (Å²) in [6.07, 6.45) is 0.745. The van der Waals surface area contributed by atoms with Crippen molar-refractivity contribution in [3.8, 4) is 0 Å². The molecule has 1 unspecified atom stereocenters. The normalized spacial score (nSPS) is 20.6. The molecule has 0 radical (unpaired) electrons. The molecule has 1 aliphatic heterocycles. The van der Waals surface area contributed by atoms with Gasteiger partial charge in [-0.3, -0.25) is 14.5 Å². The first-order chi connectivity index (χ1) is 10.8. The Balaban J connectivity index is 2.24. The highest BCUT2D eigenvalue weighted by Crippen LogP contribution is 2.33. The molecule has 1 atom stereocenters. The highest BCUT2D eigenvalue weighted by Gasteiger charge is 2.50. The Morgan fingerprint density at radius 3 is 2.74 bits per heavy atom. The highest BCUT2D eigenvalue weighted by molar-refractivity contribution is 6.32. The lowest BCUT2D eigenvalue weighted by molar-refractivity contribution is -0.134. The SMILES string of the molecule is CCCNC(=O)CN1C(=O)NC(C)(c2ccc(F)cc2Cl)C1=O. The fourth-order valence-electron chi connectivity index (χ4n) is 2.38. The fraction of sp³-hybridized carbons (Fsp3) is 0.400. The molecule has 1 aliphatic rings. The van der Waals surface area contributed by atoms with Crippen LogP contribution in [-0.4, -0.2) is 35.8 Å². The number of halogens is 2. The van der Waals surface area contributed by atoms with Gasteiger partial charge in [-0.05, 0) is 25.5 Å². The average Bonchev–Trinajstić information content (AvgIpc) is 2.69. The molecule has 0 spiro atoms. The smallest absolute Gasteiger partial charge is 0.325 e. The van der Waals surface area contributed by atoms with Crippen LogP contribution in [0.4, 0.5) is 9.18 Å². The number of carbonyl (C=O) groups excluding carboxylic acids is 3. The second kappa shape index (κ2) is 6.54. The van der Waals surface area contributed by atoms with Crippen molar-refractivity contribution in [2.45, 2.75) is 25.8 Å². The molecule has 0 aliphatic carbocycles. The van der Waals surface area contributed by atoms with Crippen LogP contribution < -0.4 is 10.6 Å². The van der Waals surface area contributed by atoms with Gasteiger partial charge in [-0.1, -0.05) is 24.6 Å². The first-order valence-electron chi connectivity index (χ1n) is 7.16. The molecule has 2 rings (SSSR count). The van der Waals surface area contributed by atoms with E-state index in [0.717, 1.165) is 23.5 Å². The zero-order valence-electron chi connectivity index (χ0n) is 12.8. The third-order valence-electron chi connectivity index (χ3n) is 3.62. The molecule has 0 aromatic heterocycles. The topological polar surface area (TPSA) is 78.5 Å². The minimum Gasteiger partial charge on any atom is -0.355 e. The minimum absolute atomic E-state index is 0.0263. The maximum absolute atomic E-state index is 13.2. The van der Waals surface area contributed by atoms with Crippen molar-refractivity contribution in [2.24, 2.45) is 0 Å². The molecule has 0 bridgehead atoms. The molecular formula is C15H17ClFN3O3. The molecule has 124 valence electrons. The zero-order valence-corrected chi connectivity index (χ0v) is 13.5. The Bertz CT molecular complexity index is 667. The van der Waals surface area contributed by atoms with Crippen molar-refractivity contribution in [3.05, 3.63) is 34.6 Å². The van der Waals surface area contributed by atoms with Crippen LogP contribution in [0.2, 0.25) is 5.02 Å². The van der Waals surface area contributed by atoms with Gasteiger partial charge >= 0.3 is 6.03 Å². The predicted molar refractivity (Wildman–Crippen MR) is 82.3 cm³/mol. The molecule has 1 saturated heterocycles. The van der Waals surface area contributed by atoms with E-state index in [2.05, 4.69) is 10.6 Å². The van der Waals surface area contributed by atoms with E-state index < -0.39 is 29.2 Å². The first-order valence-corrected chi connectivity index (χ1v) is 7.53. The molecule has 4 amide bonds. The Kier molecular flexibility index (Phi) is 4.89. The van der Waals surface area contributed by atoms with E-state index in [0.29, 0.717) is 6.54 Å². The largest absolute Gasteiger partial charge is 0.355 e. The van der Waals surface area contributed by atoms with Gasteiger partial charge in [0.25, 0.3) is 5.91 Å². The first kappa shape index (κ1) is 17.2. The van der Waals surface area contributed by atoms with Crippen LogP contribution in [0.1, 0.15) is 25.8 Å². The Hall–Kier alpha value is -2.15. The number of imide groups is 1. The number of rotatable bonds is 5. The third kappa shape index (κ3) is 3.29. The van der Waals surface area contributed by atoms with Crippen molar-refractivity contribution in [1.29, 1.82) is 0 Å². The number of nitrogens with one attached hydrogen (secondary N) is 2. The van der Waals surface area contributed by atoms with Gasteiger partial charge in [-0.25, -0.2) is 9.18 Å². The molecule has 6 nitrogen and oxygen atoms in total. The van der Waals surface area contributed by atoms with Gasteiger partial charge in [0, 0.05) is 17.1 Å². The van der Waals surface area contributed by atoms with Crippen molar-refractivity contribution in [2.75, 3.05) is 13.1 Å². The van der Waals surface area contributed by atoms with E-state index in [1.807, 2.05) is 6.92 Å². The quantitative estimate of drug-likeness (QED) is 0.801. The van der Waals surface area contributed by atoms with Gasteiger partial charge in [0.15, 0.2) is 0 Å². The molecule has 0 saturated carbocycles. The lowest BCUT2D eigenvalue weighted by atomic mass is 9.92. The van der Waals surface area contributed by atoms with E-state index in [4.69, 9.17) is 11.6 Å². The lowest BCUT2D eigenvalue weighted by Crippen LogP contribution is -2.43. The third-order valence-corrected chi connectivity index (χ3v) is 3.93. The Morgan fingerprint density at radius 2 is 2.13 bits per heavy atom. The van der Waals surface area contributed by atoms with Crippen LogP contribution in [0.3, 0.4) is 0 Å². The standard InChI is InChI=1S/C15H17ClFN3O3/c1-3-6-18-12(21)8-20-13(22)15(2,19-14(20)23)10-5-4-9(17)7-11(10)16/h4-5,7H,3,6,8H2,1-2H3,(H,18,21)(H,19,23). The Morgan fingerprint density at radius 1 is 1.43 bits per heavy atom. The maximum atomic E-state index is 13.2. The van der Waals surface area contributed by atoms with Crippen LogP contribution in [-0.2, 0) is 15.1 Å². The zero-order chi connectivity index (χ0) is 17.2. The summed E-state index contributed by atoms with van der Waals surface area (Å²) in [6, 6.07) is 2.88. The summed E-state index contributed by atoms with van der Waals surface area (Å²) in [6.45, 7) is 3.44. The van der Waals surface area contributed by atoms with E-state index in [9.17, 15) is 18.8 Å². The van der Waals surface area contributed by atoms with Gasteiger partial charge in [-0.2, -0.15) is 0 Å². The van der Waals surface area contributed by atoms with Crippen LogP contribution in [0.5, 0.6) is 0 Å². The molecule has 1 heterocycles. The molecule has 8 heteroatoms. The number of amides is 4. The monoisotopic (exact) mass is 341 g/mol. The number of urea groups is 1. The van der Waals surface area contributed by atoms with Crippen molar-refractivity contribution >= 4 is 29.4 Å². The van der Waals surface area contributed by atoms with E-state index in [1.54, 1.807) is 0 Å². The maximum Gasteiger partial charge on any atom is 0.325 e. The lowest BCUT2D eigenvalue weighted by Gasteiger charge is -2.23. The average molecular weight is 342 g/mol. The number of carbonyl (C=O) groups is 3. The predicted octanol–water partition coefficient (Wildman–Crippen LogP) is 1.77. The second-order valence-corrected chi connectivity index (χ2v) is 5.83. The molecular weight excluding hydrogens is 325 g/mol. The van der Waals surface area contributed by atoms with Gasteiger partial charge < -0.3 is 10.6 Å². The molecule has 23 heavy (non-hydrogen) atoms. The summed E-state index contributed by atoms with van der Waals surface area (Å²) in [5.41, 5.74) is -1.16. The number of hydrogen-bond donors (Lipinski definition) is 2. The number of hydrogen-bond acceptors (Lipinski definition) is 3. The number of nitrogens with zero attached hydrogens (tertiary/aromatic N) is 1. The summed E-state index contributed by atoms with van der Waals surface area (Å²) in [4.78, 5) is 37.2.